The summed E-state index contributed by atoms with van der Waals surface area (Å²) in [6, 6.07) is 3.63. The van der Waals surface area contributed by atoms with Gasteiger partial charge in [-0.25, -0.2) is 4.79 Å². The quantitative estimate of drug-likeness (QED) is 0.819. The SMILES string of the molecule is COC1CC(NC(C)c2ccc(C(=O)O)o2)C1. The van der Waals surface area contributed by atoms with Crippen LogP contribution in [0, 0.1) is 0 Å². The number of furan rings is 1. The predicted octanol–water partition coefficient (Wildman–Crippen LogP) is 1.81. The molecule has 1 fully saturated rings. The number of nitrogens with one attached hydrogen (secondary N) is 1. The molecule has 0 spiro atoms. The van der Waals surface area contributed by atoms with E-state index in [1.54, 1.807) is 13.2 Å². The van der Waals surface area contributed by atoms with Gasteiger partial charge >= 0.3 is 5.97 Å². The lowest BCUT2D eigenvalue weighted by molar-refractivity contribution is 0.0140. The van der Waals surface area contributed by atoms with Gasteiger partial charge < -0.3 is 19.6 Å². The molecule has 1 saturated carbocycles. The number of carboxylic acid groups (broad SMARTS) is 1. The maximum Gasteiger partial charge on any atom is 0.371 e. The van der Waals surface area contributed by atoms with Gasteiger partial charge in [0, 0.05) is 13.2 Å². The van der Waals surface area contributed by atoms with E-state index in [0.29, 0.717) is 17.9 Å². The molecule has 5 nitrogen and oxygen atoms in total. The predicted molar refractivity (Wildman–Crippen MR) is 61.0 cm³/mol. The minimum Gasteiger partial charge on any atom is -0.475 e. The van der Waals surface area contributed by atoms with Crippen LogP contribution in [0.1, 0.15) is 42.1 Å². The Morgan fingerprint density at radius 3 is 2.82 bits per heavy atom. The fraction of sp³-hybridized carbons (Fsp3) is 0.583. The third-order valence-corrected chi connectivity index (χ3v) is 3.18. The molecule has 1 atom stereocenters. The van der Waals surface area contributed by atoms with Crippen molar-refractivity contribution in [3.8, 4) is 0 Å². The van der Waals surface area contributed by atoms with Gasteiger partial charge in [-0.2, -0.15) is 0 Å². The standard InChI is InChI=1S/C12H17NO4/c1-7(13-8-5-9(6-8)16-2)10-3-4-11(17-10)12(14)15/h3-4,7-9,13H,5-6H2,1-2H3,(H,14,15). The van der Waals surface area contributed by atoms with Crippen LogP contribution in [0.25, 0.3) is 0 Å². The van der Waals surface area contributed by atoms with E-state index in [1.807, 2.05) is 6.92 Å². The summed E-state index contributed by atoms with van der Waals surface area (Å²) >= 11 is 0. The van der Waals surface area contributed by atoms with Crippen molar-refractivity contribution in [2.24, 2.45) is 0 Å². The monoisotopic (exact) mass is 239 g/mol. The minimum atomic E-state index is -1.04. The first-order valence-corrected chi connectivity index (χ1v) is 5.72. The Labute approximate surface area is 99.8 Å². The fourth-order valence-electron chi connectivity index (χ4n) is 2.03. The molecule has 2 N–H and O–H groups in total. The highest BCUT2D eigenvalue weighted by Crippen LogP contribution is 2.26. The van der Waals surface area contributed by atoms with Gasteiger partial charge in [-0.05, 0) is 31.9 Å². The highest BCUT2D eigenvalue weighted by atomic mass is 16.5. The van der Waals surface area contributed by atoms with E-state index >= 15 is 0 Å². The Morgan fingerprint density at radius 1 is 1.59 bits per heavy atom. The molecule has 0 amide bonds. The molecule has 1 aliphatic carbocycles. The van der Waals surface area contributed by atoms with E-state index < -0.39 is 5.97 Å². The smallest absolute Gasteiger partial charge is 0.371 e. The molecule has 0 aliphatic heterocycles. The van der Waals surface area contributed by atoms with Crippen LogP contribution >= 0.6 is 0 Å². The normalized spacial score (nSPS) is 25.3. The van der Waals surface area contributed by atoms with Crippen LogP contribution in [-0.4, -0.2) is 30.3 Å². The van der Waals surface area contributed by atoms with Crippen molar-refractivity contribution >= 4 is 5.97 Å². The van der Waals surface area contributed by atoms with Gasteiger partial charge in [0.1, 0.15) is 5.76 Å². The third kappa shape index (κ3) is 2.68. The molecule has 5 heteroatoms. The zero-order valence-corrected chi connectivity index (χ0v) is 9.97. The Bertz CT molecular complexity index is 395. The summed E-state index contributed by atoms with van der Waals surface area (Å²) in [6.07, 6.45) is 2.34. The van der Waals surface area contributed by atoms with Gasteiger partial charge in [0.2, 0.25) is 5.76 Å². The van der Waals surface area contributed by atoms with Crippen molar-refractivity contribution in [3.63, 3.8) is 0 Å². The number of carbonyl (C=O) groups is 1. The van der Waals surface area contributed by atoms with Gasteiger partial charge in [-0.15, -0.1) is 0 Å². The summed E-state index contributed by atoms with van der Waals surface area (Å²) in [5.41, 5.74) is 0. The van der Waals surface area contributed by atoms with Gasteiger partial charge in [0.25, 0.3) is 0 Å². The Kier molecular flexibility index (Phi) is 3.49. The van der Waals surface area contributed by atoms with Crippen LogP contribution in [0.15, 0.2) is 16.5 Å². The average Bonchev–Trinajstić information content (AvgIpc) is 2.71. The summed E-state index contributed by atoms with van der Waals surface area (Å²) < 4.78 is 10.4. The Morgan fingerprint density at radius 2 is 2.29 bits per heavy atom. The average molecular weight is 239 g/mol. The molecule has 1 aliphatic rings. The maximum absolute atomic E-state index is 10.7. The van der Waals surface area contributed by atoms with Crippen molar-refractivity contribution < 1.29 is 19.1 Å². The third-order valence-electron chi connectivity index (χ3n) is 3.18. The van der Waals surface area contributed by atoms with Crippen LogP contribution in [-0.2, 0) is 4.74 Å². The van der Waals surface area contributed by atoms with Crippen molar-refractivity contribution in [1.29, 1.82) is 0 Å². The highest BCUT2D eigenvalue weighted by molar-refractivity contribution is 5.84. The molecule has 0 aromatic carbocycles. The summed E-state index contributed by atoms with van der Waals surface area (Å²) in [5, 5.41) is 12.1. The van der Waals surface area contributed by atoms with E-state index in [9.17, 15) is 4.79 Å². The van der Waals surface area contributed by atoms with Crippen LogP contribution < -0.4 is 5.32 Å². The first-order valence-electron chi connectivity index (χ1n) is 5.72. The van der Waals surface area contributed by atoms with Crippen LogP contribution in [0.5, 0.6) is 0 Å². The number of hydrogen-bond acceptors (Lipinski definition) is 4. The highest BCUT2D eigenvalue weighted by Gasteiger charge is 2.30. The molecule has 1 unspecified atom stereocenters. The van der Waals surface area contributed by atoms with E-state index in [4.69, 9.17) is 14.3 Å². The second kappa shape index (κ2) is 4.89. The number of hydrogen-bond donors (Lipinski definition) is 2. The van der Waals surface area contributed by atoms with Gasteiger partial charge in [0.15, 0.2) is 0 Å². The van der Waals surface area contributed by atoms with Crippen molar-refractivity contribution in [3.05, 3.63) is 23.7 Å². The topological polar surface area (TPSA) is 71.7 Å². The lowest BCUT2D eigenvalue weighted by Crippen LogP contribution is -2.45. The summed E-state index contributed by atoms with van der Waals surface area (Å²) in [4.78, 5) is 10.7. The van der Waals surface area contributed by atoms with E-state index in [0.717, 1.165) is 12.8 Å². The molecular formula is C12H17NO4. The summed E-state index contributed by atoms with van der Waals surface area (Å²) in [5.74, 6) is -0.396. The number of rotatable bonds is 5. The Balaban J connectivity index is 1.87. The molecule has 1 heterocycles. The molecule has 1 aromatic heterocycles. The number of ether oxygens (including phenoxy) is 1. The van der Waals surface area contributed by atoms with Crippen LogP contribution in [0.4, 0.5) is 0 Å². The Hall–Kier alpha value is -1.33. The van der Waals surface area contributed by atoms with Gasteiger partial charge in [-0.1, -0.05) is 0 Å². The molecule has 17 heavy (non-hydrogen) atoms. The second-order valence-corrected chi connectivity index (χ2v) is 4.42. The largest absolute Gasteiger partial charge is 0.475 e. The maximum atomic E-state index is 10.7. The first-order chi connectivity index (χ1) is 8.10. The minimum absolute atomic E-state index is 0.0166. The lowest BCUT2D eigenvalue weighted by atomic mass is 9.88. The molecule has 0 bridgehead atoms. The molecule has 1 aromatic rings. The summed E-state index contributed by atoms with van der Waals surface area (Å²) in [6.45, 7) is 1.96. The fourth-order valence-corrected chi connectivity index (χ4v) is 2.03. The number of carboxylic acids is 1. The molecule has 0 saturated heterocycles. The summed E-state index contributed by atoms with van der Waals surface area (Å²) in [7, 11) is 1.72. The van der Waals surface area contributed by atoms with Crippen LogP contribution in [0.3, 0.4) is 0 Å². The lowest BCUT2D eigenvalue weighted by Gasteiger charge is -2.36. The number of aromatic carboxylic acids is 1. The van der Waals surface area contributed by atoms with Gasteiger partial charge in [-0.3, -0.25) is 0 Å². The van der Waals surface area contributed by atoms with Crippen molar-refractivity contribution in [1.82, 2.24) is 5.32 Å². The van der Waals surface area contributed by atoms with Crippen molar-refractivity contribution in [2.75, 3.05) is 7.11 Å². The second-order valence-electron chi connectivity index (χ2n) is 4.42. The molecule has 2 rings (SSSR count). The molecule has 94 valence electrons. The van der Waals surface area contributed by atoms with E-state index in [-0.39, 0.29) is 11.8 Å². The zero-order chi connectivity index (χ0) is 12.4. The first kappa shape index (κ1) is 12.1. The zero-order valence-electron chi connectivity index (χ0n) is 9.97. The van der Waals surface area contributed by atoms with E-state index in [2.05, 4.69) is 5.32 Å². The molecular weight excluding hydrogens is 222 g/mol. The van der Waals surface area contributed by atoms with E-state index in [1.165, 1.54) is 6.07 Å². The number of methoxy groups -OCH3 is 1. The van der Waals surface area contributed by atoms with Crippen LogP contribution in [0.2, 0.25) is 0 Å². The molecule has 0 radical (unpaired) electrons. The van der Waals surface area contributed by atoms with Gasteiger partial charge in [0.05, 0.1) is 12.1 Å². The van der Waals surface area contributed by atoms with Crippen molar-refractivity contribution in [2.45, 2.75) is 38.0 Å².